The van der Waals surface area contributed by atoms with Gasteiger partial charge < -0.3 is 9.15 Å². The number of halogens is 1. The van der Waals surface area contributed by atoms with E-state index in [0.717, 1.165) is 43.1 Å². The quantitative estimate of drug-likeness (QED) is 0.681. The van der Waals surface area contributed by atoms with Crippen molar-refractivity contribution in [3.8, 4) is 0 Å². The molecule has 3 nitrogen and oxygen atoms in total. The van der Waals surface area contributed by atoms with E-state index >= 15 is 0 Å². The highest BCUT2D eigenvalue weighted by atomic mass is 19.1. The monoisotopic (exact) mass is 263 g/mol. The molecular weight excluding hydrogens is 247 g/mol. The van der Waals surface area contributed by atoms with Crippen LogP contribution < -0.4 is 0 Å². The Kier molecular flexibility index (Phi) is 4.95. The van der Waals surface area contributed by atoms with Crippen LogP contribution in [0.3, 0.4) is 0 Å². The summed E-state index contributed by atoms with van der Waals surface area (Å²) in [5.74, 6) is -0.277. The highest BCUT2D eigenvalue weighted by Crippen LogP contribution is 2.23. The van der Waals surface area contributed by atoms with E-state index in [1.54, 1.807) is 12.3 Å². The first-order valence-electron chi connectivity index (χ1n) is 6.46. The summed E-state index contributed by atoms with van der Waals surface area (Å²) >= 11 is 0. The topological polar surface area (TPSA) is 39.4 Å². The maximum Gasteiger partial charge on any atom is 0.417 e. The molecule has 0 aliphatic heterocycles. The first-order valence-corrected chi connectivity index (χ1v) is 6.46. The number of benzene rings is 1. The zero-order valence-corrected chi connectivity index (χ0v) is 10.7. The maximum atomic E-state index is 13.0. The van der Waals surface area contributed by atoms with Crippen molar-refractivity contribution in [1.29, 1.82) is 0 Å². The number of carbonyl (C=O) groups excluding carboxylic acids is 1. The molecule has 1 aromatic heterocycles. The third kappa shape index (κ3) is 3.81. The van der Waals surface area contributed by atoms with Crippen LogP contribution in [0.15, 0.2) is 28.9 Å². The first kappa shape index (κ1) is 13.6. The molecule has 0 saturated carbocycles. The van der Waals surface area contributed by atoms with Crippen molar-refractivity contribution in [1.82, 2.24) is 0 Å². The number of rotatable bonds is 8. The van der Waals surface area contributed by atoms with E-state index < -0.39 is 0 Å². The van der Waals surface area contributed by atoms with Gasteiger partial charge in [-0.05, 0) is 37.0 Å². The van der Waals surface area contributed by atoms with Crippen molar-refractivity contribution in [2.24, 2.45) is 0 Å². The highest BCUT2D eigenvalue weighted by molar-refractivity contribution is 5.80. The molecule has 101 valence electrons. The lowest BCUT2D eigenvalue weighted by Crippen LogP contribution is -1.92. The summed E-state index contributed by atoms with van der Waals surface area (Å²) in [6.07, 6.45) is 6.61. The third-order valence-electron chi connectivity index (χ3n) is 3.12. The minimum absolute atomic E-state index is 0.277. The van der Waals surface area contributed by atoms with Crippen LogP contribution in [-0.4, -0.2) is 13.1 Å². The normalized spacial score (nSPS) is 10.8. The molecule has 2 rings (SSSR count). The van der Waals surface area contributed by atoms with Gasteiger partial charge in [0.05, 0.1) is 12.9 Å². The molecular formula is C15H16FO3. The molecule has 0 atom stereocenters. The van der Waals surface area contributed by atoms with Crippen LogP contribution in [0, 0.1) is 5.82 Å². The van der Waals surface area contributed by atoms with E-state index in [4.69, 9.17) is 4.42 Å². The lowest BCUT2D eigenvalue weighted by Gasteiger charge is -2.00. The summed E-state index contributed by atoms with van der Waals surface area (Å²) in [5.41, 5.74) is 1.72. The molecule has 1 heterocycles. The van der Waals surface area contributed by atoms with Crippen molar-refractivity contribution in [2.45, 2.75) is 32.1 Å². The van der Waals surface area contributed by atoms with Gasteiger partial charge in [0.2, 0.25) is 0 Å². The molecule has 0 aliphatic rings. The lowest BCUT2D eigenvalue weighted by molar-refractivity contribution is 0.269. The van der Waals surface area contributed by atoms with Crippen molar-refractivity contribution in [3.63, 3.8) is 0 Å². The minimum Gasteiger partial charge on any atom is -0.464 e. The fourth-order valence-electron chi connectivity index (χ4n) is 2.14. The number of hydrogen-bond donors (Lipinski definition) is 0. The molecule has 0 fully saturated rings. The summed E-state index contributed by atoms with van der Waals surface area (Å²) in [6, 6.07) is 4.62. The summed E-state index contributed by atoms with van der Waals surface area (Å²) in [5, 5.41) is 0.986. The fourth-order valence-corrected chi connectivity index (χ4v) is 2.14. The van der Waals surface area contributed by atoms with Crippen LogP contribution in [0.4, 0.5) is 4.39 Å². The van der Waals surface area contributed by atoms with Gasteiger partial charge in [-0.15, -0.1) is 0 Å². The Labute approximate surface area is 111 Å². The first-order chi connectivity index (χ1) is 9.31. The Balaban J connectivity index is 1.77. The Morgan fingerprint density at radius 1 is 1.21 bits per heavy atom. The largest absolute Gasteiger partial charge is 0.464 e. The Hall–Kier alpha value is -1.84. The molecule has 19 heavy (non-hydrogen) atoms. The van der Waals surface area contributed by atoms with Crippen molar-refractivity contribution in [3.05, 3.63) is 35.8 Å². The molecule has 0 N–H and O–H groups in total. The zero-order chi connectivity index (χ0) is 13.5. The van der Waals surface area contributed by atoms with E-state index in [1.807, 2.05) is 0 Å². The number of ether oxygens (including phenoxy) is 1. The SMILES string of the molecule is O=[C]OCCCCCCc1coc2cc(F)ccc12. The van der Waals surface area contributed by atoms with Gasteiger partial charge in [0.15, 0.2) is 0 Å². The average Bonchev–Trinajstić information content (AvgIpc) is 2.80. The molecule has 1 radical (unpaired) electrons. The minimum atomic E-state index is -0.277. The second-order valence-corrected chi connectivity index (χ2v) is 4.50. The number of furan rings is 1. The van der Waals surface area contributed by atoms with Crippen molar-refractivity contribution in [2.75, 3.05) is 6.61 Å². The zero-order valence-electron chi connectivity index (χ0n) is 10.7. The standard InChI is InChI=1S/C15H16FO3/c16-13-6-7-14-12(10-19-15(14)9-13)5-3-1-2-4-8-18-11-17/h6-7,9-10H,1-5,8H2. The molecule has 0 amide bonds. The van der Waals surface area contributed by atoms with E-state index in [2.05, 4.69) is 4.74 Å². The van der Waals surface area contributed by atoms with Gasteiger partial charge in [-0.2, -0.15) is 0 Å². The number of fused-ring (bicyclic) bond motifs is 1. The van der Waals surface area contributed by atoms with Gasteiger partial charge in [-0.3, -0.25) is 0 Å². The van der Waals surface area contributed by atoms with Gasteiger partial charge in [0, 0.05) is 11.5 Å². The van der Waals surface area contributed by atoms with Gasteiger partial charge in [-0.1, -0.05) is 12.8 Å². The number of aryl methyl sites for hydroxylation is 1. The van der Waals surface area contributed by atoms with E-state index in [-0.39, 0.29) is 5.82 Å². The molecule has 0 bridgehead atoms. The van der Waals surface area contributed by atoms with Crippen LogP contribution in [0.5, 0.6) is 0 Å². The van der Waals surface area contributed by atoms with Crippen LogP contribution in [0.1, 0.15) is 31.2 Å². The maximum absolute atomic E-state index is 13.0. The predicted molar refractivity (Wildman–Crippen MR) is 70.0 cm³/mol. The Morgan fingerprint density at radius 2 is 2.05 bits per heavy atom. The second-order valence-electron chi connectivity index (χ2n) is 4.50. The molecule has 0 unspecified atom stereocenters. The third-order valence-corrected chi connectivity index (χ3v) is 3.12. The van der Waals surface area contributed by atoms with Crippen LogP contribution >= 0.6 is 0 Å². The average molecular weight is 263 g/mol. The smallest absolute Gasteiger partial charge is 0.417 e. The number of hydrogen-bond acceptors (Lipinski definition) is 3. The molecule has 0 spiro atoms. The van der Waals surface area contributed by atoms with Gasteiger partial charge in [-0.25, -0.2) is 9.18 Å². The van der Waals surface area contributed by atoms with Crippen LogP contribution in [0.2, 0.25) is 0 Å². The fraction of sp³-hybridized carbons (Fsp3) is 0.400. The number of unbranched alkanes of at least 4 members (excludes halogenated alkanes) is 3. The van der Waals surface area contributed by atoms with Gasteiger partial charge in [0.1, 0.15) is 11.4 Å². The lowest BCUT2D eigenvalue weighted by atomic mass is 10.1. The van der Waals surface area contributed by atoms with E-state index in [1.165, 1.54) is 18.6 Å². The van der Waals surface area contributed by atoms with Crippen LogP contribution in [-0.2, 0) is 16.0 Å². The predicted octanol–water partition coefficient (Wildman–Crippen LogP) is 3.76. The Bertz CT molecular complexity index is 533. The summed E-state index contributed by atoms with van der Waals surface area (Å²) < 4.78 is 22.8. The summed E-state index contributed by atoms with van der Waals surface area (Å²) in [4.78, 5) is 9.81. The second kappa shape index (κ2) is 6.92. The Morgan fingerprint density at radius 3 is 2.89 bits per heavy atom. The molecule has 4 heteroatoms. The highest BCUT2D eigenvalue weighted by Gasteiger charge is 2.06. The summed E-state index contributed by atoms with van der Waals surface area (Å²) in [7, 11) is 0. The molecule has 0 saturated heterocycles. The van der Waals surface area contributed by atoms with Crippen molar-refractivity contribution >= 4 is 17.4 Å². The molecule has 0 aliphatic carbocycles. The van der Waals surface area contributed by atoms with E-state index in [9.17, 15) is 9.18 Å². The van der Waals surface area contributed by atoms with Gasteiger partial charge in [0.25, 0.3) is 0 Å². The van der Waals surface area contributed by atoms with E-state index in [0.29, 0.717) is 12.2 Å². The van der Waals surface area contributed by atoms with Gasteiger partial charge >= 0.3 is 6.47 Å². The molecule has 2 aromatic rings. The van der Waals surface area contributed by atoms with Crippen molar-refractivity contribution < 1.29 is 18.3 Å². The summed E-state index contributed by atoms with van der Waals surface area (Å²) in [6.45, 7) is 1.85. The molecule has 1 aromatic carbocycles. The van der Waals surface area contributed by atoms with Crippen LogP contribution in [0.25, 0.3) is 11.0 Å².